The van der Waals surface area contributed by atoms with Gasteiger partial charge in [0.05, 0.1) is 13.4 Å². The molecule has 0 radical (unpaired) electrons. The van der Waals surface area contributed by atoms with Gasteiger partial charge in [-0.15, -0.1) is 0 Å². The zero-order chi connectivity index (χ0) is 20.8. The fourth-order valence-electron chi connectivity index (χ4n) is 3.84. The second kappa shape index (κ2) is 7.08. The molecule has 0 saturated carbocycles. The fraction of sp³-hybridized carbons (Fsp3) is 0.0800. The highest BCUT2D eigenvalue weighted by Gasteiger charge is 2.18. The van der Waals surface area contributed by atoms with Crippen molar-refractivity contribution in [2.24, 2.45) is 0 Å². The van der Waals surface area contributed by atoms with Crippen molar-refractivity contribution in [3.8, 4) is 28.0 Å². The molecule has 4 nitrogen and oxygen atoms in total. The Bertz CT molecular complexity index is 1440. The molecule has 0 spiro atoms. The number of hydrogen-bond acceptors (Lipinski definition) is 4. The lowest BCUT2D eigenvalue weighted by atomic mass is 9.96. The zero-order valence-corrected chi connectivity index (χ0v) is 17.1. The SMILES string of the molecule is COc1ccc(-c2cc(=O)oc3c(C)c4occ(-c5ccc(Cl)cc5)c4cc23)cc1. The van der Waals surface area contributed by atoms with Crippen LogP contribution < -0.4 is 10.4 Å². The molecule has 0 saturated heterocycles. The summed E-state index contributed by atoms with van der Waals surface area (Å²) in [6.07, 6.45) is 1.73. The first-order valence-electron chi connectivity index (χ1n) is 9.44. The maximum atomic E-state index is 12.3. The van der Waals surface area contributed by atoms with E-state index in [1.165, 1.54) is 6.07 Å². The molecule has 0 aliphatic heterocycles. The molecule has 0 bridgehead atoms. The van der Waals surface area contributed by atoms with Gasteiger partial charge in [-0.1, -0.05) is 35.9 Å². The molecule has 0 aliphatic carbocycles. The lowest BCUT2D eigenvalue weighted by Crippen LogP contribution is -1.99. The van der Waals surface area contributed by atoms with Crippen LogP contribution in [0.3, 0.4) is 0 Å². The number of rotatable bonds is 3. The van der Waals surface area contributed by atoms with Crippen LogP contribution in [-0.2, 0) is 0 Å². The molecule has 2 heterocycles. The van der Waals surface area contributed by atoms with Gasteiger partial charge in [-0.05, 0) is 53.9 Å². The molecule has 3 aromatic carbocycles. The number of furan rings is 1. The average molecular weight is 417 g/mol. The number of ether oxygens (including phenoxy) is 1. The maximum absolute atomic E-state index is 12.3. The Morgan fingerprint density at radius 2 is 1.47 bits per heavy atom. The molecule has 5 aromatic rings. The first kappa shape index (κ1) is 18.5. The highest BCUT2D eigenvalue weighted by molar-refractivity contribution is 6.30. The van der Waals surface area contributed by atoms with E-state index in [-0.39, 0.29) is 0 Å². The third kappa shape index (κ3) is 2.97. The Balaban J connectivity index is 1.82. The molecule has 0 fully saturated rings. The van der Waals surface area contributed by atoms with Crippen LogP contribution in [0.4, 0.5) is 0 Å². The summed E-state index contributed by atoms with van der Waals surface area (Å²) in [6, 6.07) is 18.8. The molecule has 5 rings (SSSR count). The van der Waals surface area contributed by atoms with Crippen molar-refractivity contribution in [2.75, 3.05) is 7.11 Å². The zero-order valence-electron chi connectivity index (χ0n) is 16.4. The molecule has 30 heavy (non-hydrogen) atoms. The van der Waals surface area contributed by atoms with Gasteiger partial charge in [-0.2, -0.15) is 0 Å². The van der Waals surface area contributed by atoms with E-state index in [1.54, 1.807) is 13.4 Å². The highest BCUT2D eigenvalue weighted by atomic mass is 35.5. The van der Waals surface area contributed by atoms with Gasteiger partial charge in [-0.3, -0.25) is 0 Å². The smallest absolute Gasteiger partial charge is 0.336 e. The Hall–Kier alpha value is -3.50. The number of halogens is 1. The molecule has 0 unspecified atom stereocenters. The third-order valence-electron chi connectivity index (χ3n) is 5.36. The summed E-state index contributed by atoms with van der Waals surface area (Å²) >= 11 is 6.05. The Kier molecular flexibility index (Phi) is 4.37. The lowest BCUT2D eigenvalue weighted by molar-refractivity contribution is 0.415. The van der Waals surface area contributed by atoms with Crippen LogP contribution in [0.15, 0.2) is 80.6 Å². The minimum atomic E-state index is -0.403. The summed E-state index contributed by atoms with van der Waals surface area (Å²) in [5.74, 6) is 0.754. The van der Waals surface area contributed by atoms with Crippen molar-refractivity contribution >= 4 is 33.5 Å². The number of aryl methyl sites for hydroxylation is 1. The van der Waals surface area contributed by atoms with E-state index >= 15 is 0 Å². The lowest BCUT2D eigenvalue weighted by Gasteiger charge is -2.09. The summed E-state index contributed by atoms with van der Waals surface area (Å²) in [7, 11) is 1.62. The van der Waals surface area contributed by atoms with Crippen molar-refractivity contribution in [3.05, 3.63) is 87.9 Å². The fourth-order valence-corrected chi connectivity index (χ4v) is 3.96. The standard InChI is InChI=1S/C25H17ClO4/c1-14-24-21(22(13-29-24)16-3-7-17(26)8-4-16)11-20-19(12-23(27)30-25(14)20)15-5-9-18(28-2)10-6-15/h3-13H,1-2H3. The van der Waals surface area contributed by atoms with Crippen LogP contribution in [0.1, 0.15) is 5.56 Å². The van der Waals surface area contributed by atoms with Crippen LogP contribution >= 0.6 is 11.6 Å². The largest absolute Gasteiger partial charge is 0.497 e. The number of benzene rings is 3. The van der Waals surface area contributed by atoms with E-state index in [9.17, 15) is 4.79 Å². The van der Waals surface area contributed by atoms with Crippen LogP contribution in [0.25, 0.3) is 44.2 Å². The summed E-state index contributed by atoms with van der Waals surface area (Å²) in [5.41, 5.74) is 5.27. The molecule has 5 heteroatoms. The Labute approximate surface area is 177 Å². The molecule has 2 aromatic heterocycles. The van der Waals surface area contributed by atoms with Gasteiger partial charge in [0.2, 0.25) is 0 Å². The second-order valence-electron chi connectivity index (χ2n) is 7.12. The Morgan fingerprint density at radius 1 is 0.833 bits per heavy atom. The molecule has 0 atom stereocenters. The Morgan fingerprint density at radius 3 is 2.17 bits per heavy atom. The number of fused-ring (bicyclic) bond motifs is 2. The monoisotopic (exact) mass is 416 g/mol. The molecule has 0 amide bonds. The van der Waals surface area contributed by atoms with Crippen molar-refractivity contribution in [1.29, 1.82) is 0 Å². The van der Waals surface area contributed by atoms with Crippen LogP contribution in [-0.4, -0.2) is 7.11 Å². The van der Waals surface area contributed by atoms with Gasteiger partial charge in [0.1, 0.15) is 16.9 Å². The highest BCUT2D eigenvalue weighted by Crippen LogP contribution is 2.39. The van der Waals surface area contributed by atoms with E-state index < -0.39 is 5.63 Å². The van der Waals surface area contributed by atoms with Gasteiger partial charge < -0.3 is 13.6 Å². The van der Waals surface area contributed by atoms with Crippen molar-refractivity contribution in [3.63, 3.8) is 0 Å². The van der Waals surface area contributed by atoms with E-state index in [0.717, 1.165) is 44.3 Å². The van der Waals surface area contributed by atoms with Crippen molar-refractivity contribution in [1.82, 2.24) is 0 Å². The van der Waals surface area contributed by atoms with E-state index in [0.29, 0.717) is 16.2 Å². The minimum Gasteiger partial charge on any atom is -0.497 e. The van der Waals surface area contributed by atoms with Crippen molar-refractivity contribution < 1.29 is 13.6 Å². The van der Waals surface area contributed by atoms with Gasteiger partial charge >= 0.3 is 5.63 Å². The summed E-state index contributed by atoms with van der Waals surface area (Å²) in [6.45, 7) is 1.90. The van der Waals surface area contributed by atoms with Gasteiger partial charge in [0.15, 0.2) is 0 Å². The van der Waals surface area contributed by atoms with E-state index in [1.807, 2.05) is 61.5 Å². The third-order valence-corrected chi connectivity index (χ3v) is 5.61. The first-order chi connectivity index (χ1) is 14.5. The quantitative estimate of drug-likeness (QED) is 0.302. The van der Waals surface area contributed by atoms with E-state index in [4.69, 9.17) is 25.2 Å². The predicted octanol–water partition coefficient (Wildman–Crippen LogP) is 6.84. The molecule has 0 N–H and O–H groups in total. The van der Waals surface area contributed by atoms with Crippen molar-refractivity contribution in [2.45, 2.75) is 6.92 Å². The average Bonchev–Trinajstić information content (AvgIpc) is 3.19. The number of hydrogen-bond donors (Lipinski definition) is 0. The number of methoxy groups -OCH3 is 1. The van der Waals surface area contributed by atoms with Gasteiger partial charge in [0, 0.05) is 33.0 Å². The first-order valence-corrected chi connectivity index (χ1v) is 9.82. The van der Waals surface area contributed by atoms with Crippen LogP contribution in [0, 0.1) is 6.92 Å². The predicted molar refractivity (Wildman–Crippen MR) is 119 cm³/mol. The summed E-state index contributed by atoms with van der Waals surface area (Å²) < 4.78 is 16.7. The van der Waals surface area contributed by atoms with Gasteiger partial charge in [-0.25, -0.2) is 4.79 Å². The minimum absolute atomic E-state index is 0.403. The summed E-state index contributed by atoms with van der Waals surface area (Å²) in [5, 5.41) is 2.48. The summed E-state index contributed by atoms with van der Waals surface area (Å²) in [4.78, 5) is 12.3. The molecular formula is C25H17ClO4. The van der Waals surface area contributed by atoms with Crippen LogP contribution in [0.5, 0.6) is 5.75 Å². The second-order valence-corrected chi connectivity index (χ2v) is 7.56. The normalized spacial score (nSPS) is 11.3. The molecule has 148 valence electrons. The van der Waals surface area contributed by atoms with Crippen LogP contribution in [0.2, 0.25) is 5.02 Å². The van der Waals surface area contributed by atoms with E-state index in [2.05, 4.69) is 0 Å². The van der Waals surface area contributed by atoms with Gasteiger partial charge in [0.25, 0.3) is 0 Å². The molecular weight excluding hydrogens is 400 g/mol. The maximum Gasteiger partial charge on any atom is 0.336 e. The topological polar surface area (TPSA) is 52.6 Å². The molecule has 0 aliphatic rings.